The van der Waals surface area contributed by atoms with Crippen LogP contribution < -0.4 is 5.32 Å². The van der Waals surface area contributed by atoms with Gasteiger partial charge in [-0.15, -0.1) is 0 Å². The number of nitrogens with zero attached hydrogens (tertiary/aromatic N) is 1. The number of unbranched alkanes of at least 4 members (excludes halogenated alkanes) is 45. The summed E-state index contributed by atoms with van der Waals surface area (Å²) in [5.41, 5.74) is 0. The Morgan fingerprint density at radius 1 is 0.415 bits per heavy atom. The largest absolute Gasteiger partial charge is 0.472 e. The first-order valence-electron chi connectivity index (χ1n) is 35.7. The van der Waals surface area contributed by atoms with E-state index in [1.54, 1.807) is 6.08 Å². The van der Waals surface area contributed by atoms with E-state index < -0.39 is 20.0 Å². The maximum absolute atomic E-state index is 13.1. The van der Waals surface area contributed by atoms with Gasteiger partial charge >= 0.3 is 7.82 Å². The Balaban J connectivity index is 4.10. The van der Waals surface area contributed by atoms with Gasteiger partial charge in [0.05, 0.1) is 39.9 Å². The highest BCUT2D eigenvalue weighted by Gasteiger charge is 2.28. The van der Waals surface area contributed by atoms with Gasteiger partial charge in [0.2, 0.25) is 5.91 Å². The zero-order chi connectivity index (χ0) is 59.8. The predicted molar refractivity (Wildman–Crippen MR) is 360 cm³/mol. The SMILES string of the molecule is CCCCCCC/C=C\C/C=C\C/C=C\CCCCCCCCCCCCCCCCC(=O)NC(COP(=O)(O)OCC[N+](C)(C)C)C(O)/C=C/CC/C=C/CCCCCCCCCCCCCCCCCCCCCCCCCCC. The van der Waals surface area contributed by atoms with E-state index in [0.717, 1.165) is 51.4 Å². The molecule has 0 saturated heterocycles. The van der Waals surface area contributed by atoms with Crippen molar-refractivity contribution in [3.63, 3.8) is 0 Å². The highest BCUT2D eigenvalue weighted by Crippen LogP contribution is 2.43. The number of likely N-dealkylation sites (N-methyl/N-ethyl adjacent to an activating group) is 1. The third-order valence-corrected chi connectivity index (χ3v) is 17.2. The minimum absolute atomic E-state index is 0.0554. The lowest BCUT2D eigenvalue weighted by molar-refractivity contribution is -0.870. The van der Waals surface area contributed by atoms with Crippen LogP contribution in [-0.4, -0.2) is 73.4 Å². The summed E-state index contributed by atoms with van der Waals surface area (Å²) in [6.07, 6.45) is 88.1. The number of carbonyl (C=O) groups excluding carboxylic acids is 1. The van der Waals surface area contributed by atoms with Gasteiger partial charge < -0.3 is 19.8 Å². The van der Waals surface area contributed by atoms with Gasteiger partial charge in [0, 0.05) is 6.42 Å². The van der Waals surface area contributed by atoms with Crippen LogP contribution in [0.5, 0.6) is 0 Å². The molecular weight excluding hydrogens is 1030 g/mol. The van der Waals surface area contributed by atoms with Crippen molar-refractivity contribution < 1.29 is 32.9 Å². The van der Waals surface area contributed by atoms with Crippen molar-refractivity contribution in [2.24, 2.45) is 0 Å². The van der Waals surface area contributed by atoms with Crippen molar-refractivity contribution in [1.29, 1.82) is 0 Å². The van der Waals surface area contributed by atoms with Crippen LogP contribution in [0.25, 0.3) is 0 Å². The molecule has 0 spiro atoms. The lowest BCUT2D eigenvalue weighted by atomic mass is 10.0. The van der Waals surface area contributed by atoms with Crippen molar-refractivity contribution >= 4 is 13.7 Å². The molecule has 3 N–H and O–H groups in total. The molecule has 3 unspecified atom stereocenters. The van der Waals surface area contributed by atoms with Crippen molar-refractivity contribution in [2.45, 2.75) is 360 Å². The van der Waals surface area contributed by atoms with Crippen LogP contribution in [0.1, 0.15) is 348 Å². The first kappa shape index (κ1) is 80.2. The average molecular weight is 1170 g/mol. The van der Waals surface area contributed by atoms with Crippen LogP contribution >= 0.6 is 7.82 Å². The minimum atomic E-state index is -4.36. The number of hydrogen-bond acceptors (Lipinski definition) is 5. The molecule has 0 heterocycles. The lowest BCUT2D eigenvalue weighted by Gasteiger charge is -2.25. The molecule has 482 valence electrons. The van der Waals surface area contributed by atoms with Crippen LogP contribution in [-0.2, 0) is 18.4 Å². The van der Waals surface area contributed by atoms with Gasteiger partial charge in [-0.1, -0.05) is 331 Å². The van der Waals surface area contributed by atoms with Crippen LogP contribution in [0.2, 0.25) is 0 Å². The molecule has 1 amide bonds. The molecule has 3 atom stereocenters. The first-order chi connectivity index (χ1) is 40.0. The standard InChI is InChI=1S/C73H139N2O6P/c1-6-8-10-12-14-16-18-20-22-24-26-28-30-32-34-36-37-39-40-42-44-46-48-50-52-54-56-58-60-62-64-66-72(76)71(70-81-82(78,79)80-69-68-75(3,4)5)74-73(77)67-65-63-61-59-57-55-53-51-49-47-45-43-41-38-35-33-31-29-27-25-23-21-19-17-15-13-11-9-7-2/h19,21,25,27,31,33,56,58,64,66,71-72,76H,6-18,20,22-24,26,28-30,32,34-55,57,59-63,65,67-70H2,1-5H3,(H-,74,77,78,79)/p+1/b21-19-,27-25-,33-31-,58-56+,66-64+. The second-order valence-corrected chi connectivity index (χ2v) is 27.1. The predicted octanol–water partition coefficient (Wildman–Crippen LogP) is 22.8. The highest BCUT2D eigenvalue weighted by molar-refractivity contribution is 7.47. The van der Waals surface area contributed by atoms with Gasteiger partial charge in [-0.25, -0.2) is 4.57 Å². The van der Waals surface area contributed by atoms with E-state index in [-0.39, 0.29) is 19.1 Å². The topological polar surface area (TPSA) is 105 Å². The summed E-state index contributed by atoms with van der Waals surface area (Å²) in [5, 5.41) is 14.0. The molecule has 0 aromatic heterocycles. The van der Waals surface area contributed by atoms with E-state index in [2.05, 4.69) is 67.8 Å². The fraction of sp³-hybridized carbons (Fsp3) is 0.849. The van der Waals surface area contributed by atoms with E-state index in [1.165, 1.54) is 276 Å². The Morgan fingerprint density at radius 2 is 0.707 bits per heavy atom. The van der Waals surface area contributed by atoms with Gasteiger partial charge in [0.1, 0.15) is 13.2 Å². The number of carbonyl (C=O) groups is 1. The number of rotatable bonds is 66. The average Bonchev–Trinajstić information content (AvgIpc) is 3.47. The molecule has 9 heteroatoms. The fourth-order valence-corrected chi connectivity index (χ4v) is 11.4. The number of aliphatic hydroxyl groups excluding tert-OH is 1. The second kappa shape index (κ2) is 63.7. The number of amides is 1. The Labute approximate surface area is 511 Å². The Morgan fingerprint density at radius 3 is 1.06 bits per heavy atom. The molecule has 0 aliphatic carbocycles. The summed E-state index contributed by atoms with van der Waals surface area (Å²) in [6, 6.07) is -0.868. The number of quaternary nitrogens is 1. The molecular formula is C73H140N2O6P+. The Kier molecular flexibility index (Phi) is 62.3. The van der Waals surface area contributed by atoms with Gasteiger partial charge in [-0.2, -0.15) is 0 Å². The zero-order valence-electron chi connectivity index (χ0n) is 55.2. The van der Waals surface area contributed by atoms with Crippen LogP contribution in [0, 0.1) is 0 Å². The third-order valence-electron chi connectivity index (χ3n) is 16.2. The minimum Gasteiger partial charge on any atom is -0.387 e. The monoisotopic (exact) mass is 1170 g/mol. The first-order valence-corrected chi connectivity index (χ1v) is 37.2. The van der Waals surface area contributed by atoms with E-state index in [9.17, 15) is 19.4 Å². The van der Waals surface area contributed by atoms with E-state index in [1.807, 2.05) is 27.2 Å². The summed E-state index contributed by atoms with van der Waals surface area (Å²) in [6.45, 7) is 4.83. The number of hydrogen-bond donors (Lipinski definition) is 3. The van der Waals surface area contributed by atoms with Crippen LogP contribution in [0.3, 0.4) is 0 Å². The van der Waals surface area contributed by atoms with E-state index >= 15 is 0 Å². The van der Waals surface area contributed by atoms with Crippen molar-refractivity contribution in [1.82, 2.24) is 5.32 Å². The highest BCUT2D eigenvalue weighted by atomic mass is 31.2. The molecule has 8 nitrogen and oxygen atoms in total. The number of nitrogens with one attached hydrogen (secondary N) is 1. The molecule has 0 bridgehead atoms. The molecule has 0 aromatic rings. The molecule has 0 radical (unpaired) electrons. The third kappa shape index (κ3) is 65.7. The van der Waals surface area contributed by atoms with Crippen LogP contribution in [0.4, 0.5) is 0 Å². The molecule has 0 aliphatic heterocycles. The number of phosphoric acid groups is 1. The molecule has 0 rings (SSSR count). The maximum atomic E-state index is 13.1. The van der Waals surface area contributed by atoms with Crippen molar-refractivity contribution in [3.8, 4) is 0 Å². The maximum Gasteiger partial charge on any atom is 0.472 e. The normalized spacial score (nSPS) is 14.0. The Bertz CT molecular complexity index is 1520. The summed E-state index contributed by atoms with van der Waals surface area (Å²) in [7, 11) is 1.56. The van der Waals surface area contributed by atoms with Crippen molar-refractivity contribution in [3.05, 3.63) is 60.8 Å². The lowest BCUT2D eigenvalue weighted by Crippen LogP contribution is -2.45. The summed E-state index contributed by atoms with van der Waals surface area (Å²) in [5.74, 6) is -0.184. The zero-order valence-corrected chi connectivity index (χ0v) is 56.1. The van der Waals surface area contributed by atoms with Gasteiger partial charge in [-0.05, 0) is 70.6 Å². The van der Waals surface area contributed by atoms with E-state index in [4.69, 9.17) is 9.05 Å². The fourth-order valence-electron chi connectivity index (χ4n) is 10.7. The second-order valence-electron chi connectivity index (χ2n) is 25.6. The number of phosphoric ester groups is 1. The molecule has 0 fully saturated rings. The van der Waals surface area contributed by atoms with Gasteiger partial charge in [0.25, 0.3) is 0 Å². The van der Waals surface area contributed by atoms with Gasteiger partial charge in [0.15, 0.2) is 0 Å². The summed E-state index contributed by atoms with van der Waals surface area (Å²) >= 11 is 0. The quantitative estimate of drug-likeness (QED) is 0.0243. The Hall–Kier alpha value is -1.80. The summed E-state index contributed by atoms with van der Waals surface area (Å²) in [4.78, 5) is 23.4. The molecule has 0 aromatic carbocycles. The number of aliphatic hydroxyl groups is 1. The number of allylic oxidation sites excluding steroid dienone is 9. The van der Waals surface area contributed by atoms with Crippen molar-refractivity contribution in [2.75, 3.05) is 40.9 Å². The van der Waals surface area contributed by atoms with E-state index in [0.29, 0.717) is 17.4 Å². The van der Waals surface area contributed by atoms with Crippen LogP contribution in [0.15, 0.2) is 60.8 Å². The van der Waals surface area contributed by atoms with Gasteiger partial charge in [-0.3, -0.25) is 13.8 Å². The smallest absolute Gasteiger partial charge is 0.387 e. The molecule has 82 heavy (non-hydrogen) atoms. The molecule has 0 aliphatic rings. The molecule has 0 saturated carbocycles. The summed E-state index contributed by atoms with van der Waals surface area (Å²) < 4.78 is 23.8.